The van der Waals surface area contributed by atoms with Crippen LogP contribution in [0.1, 0.15) is 10.4 Å². The molecule has 0 bridgehead atoms. The molecule has 29 heavy (non-hydrogen) atoms. The number of hydrogen-bond donors (Lipinski definition) is 1. The smallest absolute Gasteiger partial charge is 0.257 e. The Labute approximate surface area is 171 Å². The van der Waals surface area contributed by atoms with Gasteiger partial charge in [0.15, 0.2) is 9.84 Å². The van der Waals surface area contributed by atoms with Crippen molar-refractivity contribution in [1.29, 1.82) is 0 Å². The van der Waals surface area contributed by atoms with E-state index in [-0.39, 0.29) is 15.5 Å². The summed E-state index contributed by atoms with van der Waals surface area (Å²) in [5.41, 5.74) is 2.29. The molecular formula is C20H15ClN4O3S. The summed E-state index contributed by atoms with van der Waals surface area (Å²) >= 11 is 6.07. The van der Waals surface area contributed by atoms with Crippen molar-refractivity contribution in [3.8, 4) is 5.82 Å². The van der Waals surface area contributed by atoms with Crippen molar-refractivity contribution < 1.29 is 13.2 Å². The number of nitrogens with one attached hydrogen (secondary N) is 1. The number of carbonyl (C=O) groups is 1. The molecule has 0 fully saturated rings. The fraction of sp³-hybridized carbons (Fsp3) is 0.0500. The van der Waals surface area contributed by atoms with Crippen LogP contribution in [0.25, 0.3) is 16.9 Å². The van der Waals surface area contributed by atoms with Crippen molar-refractivity contribution >= 4 is 44.1 Å². The Kier molecular flexibility index (Phi) is 4.81. The Balaban J connectivity index is 1.59. The molecular weight excluding hydrogens is 412 g/mol. The minimum absolute atomic E-state index is 0.0208. The summed E-state index contributed by atoms with van der Waals surface area (Å²) in [6, 6.07) is 15.1. The molecule has 0 atom stereocenters. The second-order valence-electron chi connectivity index (χ2n) is 6.38. The van der Waals surface area contributed by atoms with Crippen LogP contribution < -0.4 is 5.32 Å². The average molecular weight is 427 g/mol. The maximum atomic E-state index is 12.6. The standard InChI is InChI=1S/C20H15ClN4O3S/c1-29(27,28)14-7-8-16(21)15(10-14)20(26)24-13-6-9-19(22-11-13)25-12-23-17-4-2-3-5-18(17)25/h2-12H,1H3,(H,24,26). The molecule has 0 unspecified atom stereocenters. The highest BCUT2D eigenvalue weighted by Gasteiger charge is 2.16. The van der Waals surface area contributed by atoms with Gasteiger partial charge in [0.1, 0.15) is 12.1 Å². The lowest BCUT2D eigenvalue weighted by atomic mass is 10.2. The van der Waals surface area contributed by atoms with Gasteiger partial charge in [-0.15, -0.1) is 0 Å². The van der Waals surface area contributed by atoms with Gasteiger partial charge in [0, 0.05) is 6.26 Å². The number of hydrogen-bond acceptors (Lipinski definition) is 5. The Morgan fingerprint density at radius 2 is 1.86 bits per heavy atom. The molecule has 0 aliphatic rings. The summed E-state index contributed by atoms with van der Waals surface area (Å²) in [4.78, 5) is 21.3. The maximum absolute atomic E-state index is 12.6. The van der Waals surface area contributed by atoms with Gasteiger partial charge < -0.3 is 5.32 Å². The van der Waals surface area contributed by atoms with Gasteiger partial charge >= 0.3 is 0 Å². The fourth-order valence-corrected chi connectivity index (χ4v) is 3.70. The second kappa shape index (κ2) is 7.31. The zero-order chi connectivity index (χ0) is 20.6. The third kappa shape index (κ3) is 3.85. The van der Waals surface area contributed by atoms with Gasteiger partial charge in [-0.3, -0.25) is 9.36 Å². The van der Waals surface area contributed by atoms with E-state index in [1.54, 1.807) is 18.5 Å². The third-order valence-corrected chi connectivity index (χ3v) is 5.76. The van der Waals surface area contributed by atoms with E-state index in [9.17, 15) is 13.2 Å². The van der Waals surface area contributed by atoms with Crippen molar-refractivity contribution in [3.63, 3.8) is 0 Å². The topological polar surface area (TPSA) is 94.0 Å². The number of benzene rings is 2. The average Bonchev–Trinajstić information content (AvgIpc) is 3.12. The van der Waals surface area contributed by atoms with Crippen molar-refractivity contribution in [1.82, 2.24) is 14.5 Å². The zero-order valence-corrected chi connectivity index (χ0v) is 16.8. The highest BCUT2D eigenvalue weighted by atomic mass is 35.5. The molecule has 0 spiro atoms. The van der Waals surface area contributed by atoms with Crippen LogP contribution in [0.4, 0.5) is 5.69 Å². The first kappa shape index (κ1) is 19.1. The fourth-order valence-electron chi connectivity index (χ4n) is 2.85. The van der Waals surface area contributed by atoms with E-state index in [2.05, 4.69) is 15.3 Å². The van der Waals surface area contributed by atoms with Crippen molar-refractivity contribution in [3.05, 3.63) is 77.7 Å². The number of halogens is 1. The Morgan fingerprint density at radius 3 is 2.59 bits per heavy atom. The molecule has 0 radical (unpaired) electrons. The number of aromatic nitrogens is 3. The Morgan fingerprint density at radius 1 is 1.07 bits per heavy atom. The SMILES string of the molecule is CS(=O)(=O)c1ccc(Cl)c(C(=O)Nc2ccc(-n3cnc4ccccc43)nc2)c1. The number of fused-ring (bicyclic) bond motifs is 1. The summed E-state index contributed by atoms with van der Waals surface area (Å²) in [6.45, 7) is 0. The van der Waals surface area contributed by atoms with Crippen molar-refractivity contribution in [2.75, 3.05) is 11.6 Å². The molecule has 9 heteroatoms. The molecule has 1 amide bonds. The molecule has 1 N–H and O–H groups in total. The number of pyridine rings is 1. The summed E-state index contributed by atoms with van der Waals surface area (Å²) in [5, 5.41) is 2.84. The highest BCUT2D eigenvalue weighted by molar-refractivity contribution is 7.90. The second-order valence-corrected chi connectivity index (χ2v) is 8.80. The molecule has 2 aromatic carbocycles. The molecule has 0 aliphatic carbocycles. The van der Waals surface area contributed by atoms with Gasteiger partial charge in [-0.1, -0.05) is 23.7 Å². The molecule has 7 nitrogen and oxygen atoms in total. The first-order valence-corrected chi connectivity index (χ1v) is 10.8. The van der Waals surface area contributed by atoms with E-state index in [4.69, 9.17) is 11.6 Å². The van der Waals surface area contributed by atoms with Gasteiger partial charge in [0.05, 0.1) is 38.4 Å². The van der Waals surface area contributed by atoms with Crippen LogP contribution in [0.2, 0.25) is 5.02 Å². The van der Waals surface area contributed by atoms with Crippen molar-refractivity contribution in [2.45, 2.75) is 4.90 Å². The largest absolute Gasteiger partial charge is 0.321 e. The quantitative estimate of drug-likeness (QED) is 0.536. The third-order valence-electron chi connectivity index (χ3n) is 4.32. The number of imidazole rings is 1. The Bertz CT molecular complexity index is 1330. The van der Waals surface area contributed by atoms with E-state index in [1.807, 2.05) is 28.8 Å². The van der Waals surface area contributed by atoms with E-state index in [1.165, 1.54) is 24.4 Å². The van der Waals surface area contributed by atoms with Gasteiger partial charge in [0.2, 0.25) is 0 Å². The van der Waals surface area contributed by atoms with E-state index in [0.717, 1.165) is 17.3 Å². The number of anilines is 1. The molecule has 2 aromatic heterocycles. The summed E-state index contributed by atoms with van der Waals surface area (Å²) < 4.78 is 25.3. The number of sulfone groups is 1. The number of rotatable bonds is 4. The lowest BCUT2D eigenvalue weighted by Crippen LogP contribution is -2.14. The van der Waals surface area contributed by atoms with E-state index < -0.39 is 15.7 Å². The lowest BCUT2D eigenvalue weighted by Gasteiger charge is -2.09. The monoisotopic (exact) mass is 426 g/mol. The predicted molar refractivity (Wildman–Crippen MR) is 111 cm³/mol. The first-order valence-electron chi connectivity index (χ1n) is 8.52. The normalized spacial score (nSPS) is 11.5. The van der Waals surface area contributed by atoms with Crippen LogP contribution >= 0.6 is 11.6 Å². The van der Waals surface area contributed by atoms with Gasteiger partial charge in [0.25, 0.3) is 5.91 Å². The molecule has 0 saturated carbocycles. The maximum Gasteiger partial charge on any atom is 0.257 e. The van der Waals surface area contributed by atoms with Crippen LogP contribution in [0.3, 0.4) is 0 Å². The van der Waals surface area contributed by atoms with Crippen LogP contribution in [-0.2, 0) is 9.84 Å². The van der Waals surface area contributed by atoms with Crippen LogP contribution in [0, 0.1) is 0 Å². The number of carbonyl (C=O) groups excluding carboxylic acids is 1. The molecule has 0 aliphatic heterocycles. The minimum atomic E-state index is -3.46. The molecule has 146 valence electrons. The first-order chi connectivity index (χ1) is 13.8. The van der Waals surface area contributed by atoms with Crippen LogP contribution in [-0.4, -0.2) is 35.1 Å². The molecule has 4 aromatic rings. The summed E-state index contributed by atoms with van der Waals surface area (Å²) in [6.07, 6.45) is 4.26. The van der Waals surface area contributed by atoms with Crippen LogP contribution in [0.5, 0.6) is 0 Å². The summed E-state index contributed by atoms with van der Waals surface area (Å²) in [7, 11) is -3.46. The lowest BCUT2D eigenvalue weighted by molar-refractivity contribution is 0.102. The minimum Gasteiger partial charge on any atom is -0.321 e. The number of amides is 1. The zero-order valence-electron chi connectivity index (χ0n) is 15.2. The van der Waals surface area contributed by atoms with Crippen LogP contribution in [0.15, 0.2) is 72.0 Å². The number of nitrogens with zero attached hydrogens (tertiary/aromatic N) is 3. The van der Waals surface area contributed by atoms with Gasteiger partial charge in [-0.25, -0.2) is 18.4 Å². The molecule has 4 rings (SSSR count). The van der Waals surface area contributed by atoms with E-state index in [0.29, 0.717) is 11.5 Å². The number of para-hydroxylation sites is 2. The predicted octanol–water partition coefficient (Wildman–Crippen LogP) is 3.73. The summed E-state index contributed by atoms with van der Waals surface area (Å²) in [5.74, 6) is 0.122. The van der Waals surface area contributed by atoms with Gasteiger partial charge in [-0.2, -0.15) is 0 Å². The van der Waals surface area contributed by atoms with Crippen molar-refractivity contribution in [2.24, 2.45) is 0 Å². The highest BCUT2D eigenvalue weighted by Crippen LogP contribution is 2.22. The Hall–Kier alpha value is -3.23. The van der Waals surface area contributed by atoms with Gasteiger partial charge in [-0.05, 0) is 42.5 Å². The molecule has 0 saturated heterocycles. The molecule has 2 heterocycles. The van der Waals surface area contributed by atoms with E-state index >= 15 is 0 Å².